The van der Waals surface area contributed by atoms with Gasteiger partial charge >= 0.3 is 12.1 Å². The summed E-state index contributed by atoms with van der Waals surface area (Å²) in [5.74, 6) is -1.23. The zero-order chi connectivity index (χ0) is 20.5. The van der Waals surface area contributed by atoms with Gasteiger partial charge in [-0.05, 0) is 42.3 Å². The Labute approximate surface area is 157 Å². The molecular weight excluding hydrogens is 377 g/mol. The summed E-state index contributed by atoms with van der Waals surface area (Å²) in [4.78, 5) is 25.8. The zero-order valence-corrected chi connectivity index (χ0v) is 15.1. The van der Waals surface area contributed by atoms with Crippen molar-refractivity contribution in [3.63, 3.8) is 0 Å². The Morgan fingerprint density at radius 2 is 1.79 bits per heavy atom. The molecule has 0 saturated carbocycles. The van der Waals surface area contributed by atoms with E-state index in [1.165, 1.54) is 33.7 Å². The van der Waals surface area contributed by atoms with Gasteiger partial charge in [0.1, 0.15) is 12.3 Å². The van der Waals surface area contributed by atoms with Crippen LogP contribution in [0.15, 0.2) is 51.7 Å². The zero-order valence-electron chi connectivity index (χ0n) is 15.1. The second-order valence-corrected chi connectivity index (χ2v) is 6.12. The molecule has 0 spiro atoms. The number of nitrogens with zero attached hydrogens (tertiary/aromatic N) is 2. The quantitative estimate of drug-likeness (QED) is 0.663. The summed E-state index contributed by atoms with van der Waals surface area (Å²) >= 11 is 0. The van der Waals surface area contributed by atoms with Gasteiger partial charge in [-0.3, -0.25) is 9.36 Å². The lowest BCUT2D eigenvalue weighted by Crippen LogP contribution is -2.32. The Kier molecular flexibility index (Phi) is 5.17. The molecule has 0 atom stereocenters. The summed E-state index contributed by atoms with van der Waals surface area (Å²) < 4.78 is 47.1. The summed E-state index contributed by atoms with van der Waals surface area (Å²) in [7, 11) is 1.63. The Balaban J connectivity index is 1.94. The van der Waals surface area contributed by atoms with Crippen LogP contribution in [0.1, 0.15) is 6.92 Å². The average molecular weight is 394 g/mol. The van der Waals surface area contributed by atoms with Crippen LogP contribution in [0.5, 0.6) is 5.75 Å². The van der Waals surface area contributed by atoms with E-state index in [1.54, 1.807) is 25.2 Å². The number of ether oxygens (including phenoxy) is 1. The molecule has 3 rings (SSSR count). The summed E-state index contributed by atoms with van der Waals surface area (Å²) in [5, 5.41) is 0. The first-order valence-corrected chi connectivity index (χ1v) is 8.41. The predicted octanol–water partition coefficient (Wildman–Crippen LogP) is 3.64. The van der Waals surface area contributed by atoms with E-state index < -0.39 is 12.1 Å². The first-order valence-electron chi connectivity index (χ1n) is 8.41. The highest BCUT2D eigenvalue weighted by Crippen LogP contribution is 2.28. The number of oxazole rings is 1. The fourth-order valence-corrected chi connectivity index (χ4v) is 2.67. The molecule has 9 heteroatoms. The number of hydrogen-bond acceptors (Lipinski definition) is 4. The van der Waals surface area contributed by atoms with E-state index >= 15 is 0 Å². The summed E-state index contributed by atoms with van der Waals surface area (Å²) in [6.45, 7) is 2.15. The molecule has 1 amide bonds. The van der Waals surface area contributed by atoms with Crippen LogP contribution in [0, 0.1) is 0 Å². The lowest BCUT2D eigenvalue weighted by atomic mass is 10.1. The van der Waals surface area contributed by atoms with Gasteiger partial charge < -0.3 is 14.1 Å². The van der Waals surface area contributed by atoms with Gasteiger partial charge in [-0.1, -0.05) is 18.2 Å². The molecule has 6 nitrogen and oxygen atoms in total. The number of carbonyl (C=O) groups is 1. The standard InChI is InChI=1S/C19H17F3N2O4/c1-3-23(2)17(25)11-24-15-10-13(6-9-16(15)27-18(24)26)12-4-7-14(8-5-12)28-19(20,21)22/h4-10H,3,11H2,1-2H3. The number of amides is 1. The molecular formula is C19H17F3N2O4. The molecule has 0 unspecified atom stereocenters. The fraction of sp³-hybridized carbons (Fsp3) is 0.263. The summed E-state index contributed by atoms with van der Waals surface area (Å²) in [6.07, 6.45) is -4.76. The monoisotopic (exact) mass is 394 g/mol. The minimum absolute atomic E-state index is 0.169. The average Bonchev–Trinajstić information content (AvgIpc) is 2.95. The van der Waals surface area contributed by atoms with Gasteiger partial charge in [-0.15, -0.1) is 13.2 Å². The molecule has 0 N–H and O–H groups in total. The van der Waals surface area contributed by atoms with Crippen molar-refractivity contribution in [2.45, 2.75) is 19.8 Å². The summed E-state index contributed by atoms with van der Waals surface area (Å²) in [6, 6.07) is 10.3. The van der Waals surface area contributed by atoms with E-state index in [2.05, 4.69) is 4.74 Å². The normalized spacial score (nSPS) is 11.6. The van der Waals surface area contributed by atoms with E-state index in [1.807, 2.05) is 6.92 Å². The highest BCUT2D eigenvalue weighted by atomic mass is 19.4. The molecule has 2 aromatic carbocycles. The molecule has 28 heavy (non-hydrogen) atoms. The van der Waals surface area contributed by atoms with Crippen molar-refractivity contribution in [2.24, 2.45) is 0 Å². The maximum absolute atomic E-state index is 12.3. The van der Waals surface area contributed by atoms with Crippen molar-refractivity contribution in [3.8, 4) is 16.9 Å². The topological polar surface area (TPSA) is 64.7 Å². The van der Waals surface area contributed by atoms with Crippen LogP contribution in [-0.2, 0) is 11.3 Å². The predicted molar refractivity (Wildman–Crippen MR) is 95.9 cm³/mol. The third-order valence-corrected chi connectivity index (χ3v) is 4.28. The first-order chi connectivity index (χ1) is 13.2. The van der Waals surface area contributed by atoms with Gasteiger partial charge in [0.05, 0.1) is 5.52 Å². The Hall–Kier alpha value is -3.23. The van der Waals surface area contributed by atoms with E-state index in [0.717, 1.165) is 0 Å². The molecule has 0 fully saturated rings. The molecule has 0 aliphatic heterocycles. The lowest BCUT2D eigenvalue weighted by molar-refractivity contribution is -0.274. The van der Waals surface area contributed by atoms with E-state index in [9.17, 15) is 22.8 Å². The van der Waals surface area contributed by atoms with Crippen LogP contribution < -0.4 is 10.5 Å². The number of hydrogen-bond donors (Lipinski definition) is 0. The number of likely N-dealkylation sites (N-methyl/N-ethyl adjacent to an activating group) is 1. The Bertz CT molecular complexity index is 1050. The van der Waals surface area contributed by atoms with Crippen LogP contribution in [0.25, 0.3) is 22.2 Å². The van der Waals surface area contributed by atoms with Crippen molar-refractivity contribution >= 4 is 17.0 Å². The molecule has 1 heterocycles. The molecule has 0 bridgehead atoms. The lowest BCUT2D eigenvalue weighted by Gasteiger charge is -2.14. The van der Waals surface area contributed by atoms with Crippen LogP contribution in [0.3, 0.4) is 0 Å². The Morgan fingerprint density at radius 3 is 2.39 bits per heavy atom. The van der Waals surface area contributed by atoms with E-state index in [4.69, 9.17) is 4.42 Å². The van der Waals surface area contributed by atoms with Crippen molar-refractivity contribution in [2.75, 3.05) is 13.6 Å². The number of aromatic nitrogens is 1. The minimum atomic E-state index is -4.76. The molecule has 0 saturated heterocycles. The third-order valence-electron chi connectivity index (χ3n) is 4.28. The second kappa shape index (κ2) is 7.41. The van der Waals surface area contributed by atoms with E-state index in [0.29, 0.717) is 28.8 Å². The first kappa shape index (κ1) is 19.5. The number of halogens is 3. The highest BCUT2D eigenvalue weighted by molar-refractivity contribution is 5.83. The molecule has 0 aliphatic rings. The number of rotatable bonds is 5. The van der Waals surface area contributed by atoms with Gasteiger partial charge in [-0.25, -0.2) is 4.79 Å². The maximum atomic E-state index is 12.3. The molecule has 0 aliphatic carbocycles. The molecule has 0 radical (unpaired) electrons. The van der Waals surface area contributed by atoms with Crippen molar-refractivity contribution in [1.82, 2.24) is 9.47 Å². The van der Waals surface area contributed by atoms with E-state index in [-0.39, 0.29) is 18.2 Å². The number of fused-ring (bicyclic) bond motifs is 1. The fourth-order valence-electron chi connectivity index (χ4n) is 2.67. The van der Waals surface area contributed by atoms with Crippen molar-refractivity contribution < 1.29 is 27.1 Å². The summed E-state index contributed by atoms with van der Waals surface area (Å²) in [5.41, 5.74) is 2.01. The maximum Gasteiger partial charge on any atom is 0.573 e. The van der Waals surface area contributed by atoms with Crippen LogP contribution in [0.2, 0.25) is 0 Å². The van der Waals surface area contributed by atoms with Crippen LogP contribution >= 0.6 is 0 Å². The SMILES string of the molecule is CCN(C)C(=O)Cn1c(=O)oc2ccc(-c3ccc(OC(F)(F)F)cc3)cc21. The minimum Gasteiger partial charge on any atom is -0.408 e. The van der Waals surface area contributed by atoms with Gasteiger partial charge in [0.25, 0.3) is 0 Å². The number of carbonyl (C=O) groups excluding carboxylic acids is 1. The Morgan fingerprint density at radius 1 is 1.14 bits per heavy atom. The highest BCUT2D eigenvalue weighted by Gasteiger charge is 2.31. The van der Waals surface area contributed by atoms with Gasteiger partial charge in [0.2, 0.25) is 5.91 Å². The van der Waals surface area contributed by atoms with Gasteiger partial charge in [-0.2, -0.15) is 0 Å². The number of benzene rings is 2. The second-order valence-electron chi connectivity index (χ2n) is 6.12. The smallest absolute Gasteiger partial charge is 0.408 e. The number of alkyl halides is 3. The van der Waals surface area contributed by atoms with Crippen molar-refractivity contribution in [1.29, 1.82) is 0 Å². The molecule has 148 valence electrons. The van der Waals surface area contributed by atoms with Crippen molar-refractivity contribution in [3.05, 3.63) is 53.0 Å². The van der Waals surface area contributed by atoms with Gasteiger partial charge in [0, 0.05) is 13.6 Å². The van der Waals surface area contributed by atoms with Crippen LogP contribution in [-0.4, -0.2) is 35.3 Å². The van der Waals surface area contributed by atoms with Crippen LogP contribution in [0.4, 0.5) is 13.2 Å². The molecule has 1 aromatic heterocycles. The van der Waals surface area contributed by atoms with Gasteiger partial charge in [0.15, 0.2) is 5.58 Å². The largest absolute Gasteiger partial charge is 0.573 e. The third kappa shape index (κ3) is 4.19. The molecule has 3 aromatic rings.